The van der Waals surface area contributed by atoms with Crippen molar-refractivity contribution in [2.75, 3.05) is 18.4 Å². The molecule has 0 aromatic heterocycles. The monoisotopic (exact) mass is 454 g/mol. The van der Waals surface area contributed by atoms with Crippen molar-refractivity contribution in [3.8, 4) is 0 Å². The van der Waals surface area contributed by atoms with Gasteiger partial charge in [0.05, 0.1) is 4.92 Å². The molecule has 0 aliphatic carbocycles. The van der Waals surface area contributed by atoms with Crippen molar-refractivity contribution in [1.82, 2.24) is 4.90 Å². The van der Waals surface area contributed by atoms with E-state index in [9.17, 15) is 19.7 Å². The molecule has 3 N–H and O–H groups in total. The van der Waals surface area contributed by atoms with E-state index in [0.29, 0.717) is 18.7 Å². The first kappa shape index (κ1) is 24.0. The molecular formula is C24H30N4O5. The van der Waals surface area contributed by atoms with E-state index in [4.69, 9.17) is 10.5 Å². The first-order chi connectivity index (χ1) is 15.5. The number of para-hydroxylation sites is 1. The summed E-state index contributed by atoms with van der Waals surface area (Å²) in [6.45, 7) is 7.04. The number of nitro benzene ring substituents is 1. The van der Waals surface area contributed by atoms with E-state index >= 15 is 0 Å². The van der Waals surface area contributed by atoms with Gasteiger partial charge in [-0.15, -0.1) is 0 Å². The third kappa shape index (κ3) is 6.21. The van der Waals surface area contributed by atoms with Gasteiger partial charge in [-0.05, 0) is 57.4 Å². The summed E-state index contributed by atoms with van der Waals surface area (Å²) in [4.78, 5) is 36.6. The van der Waals surface area contributed by atoms with Gasteiger partial charge >= 0.3 is 6.09 Å². The molecule has 2 aromatic carbocycles. The van der Waals surface area contributed by atoms with Crippen LogP contribution in [-0.2, 0) is 11.3 Å². The van der Waals surface area contributed by atoms with Gasteiger partial charge in [0.15, 0.2) is 0 Å². The van der Waals surface area contributed by atoms with Crippen molar-refractivity contribution in [2.24, 2.45) is 5.73 Å². The Bertz CT molecular complexity index is 1030. The van der Waals surface area contributed by atoms with Crippen LogP contribution in [0.3, 0.4) is 0 Å². The van der Waals surface area contributed by atoms with Crippen LogP contribution in [0.5, 0.6) is 0 Å². The summed E-state index contributed by atoms with van der Waals surface area (Å²) in [6, 6.07) is 12.3. The van der Waals surface area contributed by atoms with E-state index in [1.165, 1.54) is 6.07 Å². The summed E-state index contributed by atoms with van der Waals surface area (Å²) < 4.78 is 5.50. The van der Waals surface area contributed by atoms with Crippen molar-refractivity contribution in [3.05, 3.63) is 69.3 Å². The van der Waals surface area contributed by atoms with Crippen LogP contribution in [0.2, 0.25) is 0 Å². The lowest BCUT2D eigenvalue weighted by Gasteiger charge is -2.34. The maximum atomic E-state index is 12.4. The van der Waals surface area contributed by atoms with E-state index in [2.05, 4.69) is 5.32 Å². The molecule has 0 bridgehead atoms. The second-order valence-corrected chi connectivity index (χ2v) is 9.18. The lowest BCUT2D eigenvalue weighted by Crippen LogP contribution is -2.42. The van der Waals surface area contributed by atoms with Crippen LogP contribution >= 0.6 is 0 Å². The first-order valence-corrected chi connectivity index (χ1v) is 10.9. The predicted molar refractivity (Wildman–Crippen MR) is 125 cm³/mol. The Kier molecular flexibility index (Phi) is 7.20. The highest BCUT2D eigenvalue weighted by Gasteiger charge is 2.28. The number of amides is 2. The molecule has 1 atom stereocenters. The Labute approximate surface area is 193 Å². The third-order valence-corrected chi connectivity index (χ3v) is 5.51. The fourth-order valence-electron chi connectivity index (χ4n) is 3.96. The van der Waals surface area contributed by atoms with Gasteiger partial charge in [-0.25, -0.2) is 4.79 Å². The molecule has 1 fully saturated rings. The molecular weight excluding hydrogens is 424 g/mol. The smallest absolute Gasteiger partial charge is 0.410 e. The summed E-state index contributed by atoms with van der Waals surface area (Å²) in [5.74, 6) is -0.616. The standard InChI is InChI=1S/C24H30N4O5/c1-24(2,3)33-23(30)27-13-5-7-18(15-27)16-9-11-19(12-10-16)26-14-17-6-4-8-20(22(25)29)21(17)28(31)32/h4,6,8-12,18,26H,5,7,13-15H2,1-3H3,(H2,25,29)/t18-/m1/s1. The first-order valence-electron chi connectivity index (χ1n) is 10.9. The highest BCUT2D eigenvalue weighted by molar-refractivity contribution is 5.97. The summed E-state index contributed by atoms with van der Waals surface area (Å²) in [7, 11) is 0. The number of rotatable bonds is 6. The Morgan fingerprint density at radius 2 is 1.91 bits per heavy atom. The number of hydrogen-bond donors (Lipinski definition) is 2. The average molecular weight is 455 g/mol. The minimum absolute atomic E-state index is 0.110. The predicted octanol–water partition coefficient (Wildman–Crippen LogP) is 4.42. The minimum atomic E-state index is -0.833. The van der Waals surface area contributed by atoms with Crippen LogP contribution < -0.4 is 11.1 Å². The topological polar surface area (TPSA) is 128 Å². The van der Waals surface area contributed by atoms with Gasteiger partial charge in [0.1, 0.15) is 11.2 Å². The highest BCUT2D eigenvalue weighted by Crippen LogP contribution is 2.29. The number of primary amides is 1. The molecule has 176 valence electrons. The van der Waals surface area contributed by atoms with Gasteiger partial charge in [0.2, 0.25) is 0 Å². The molecule has 3 rings (SSSR count). The summed E-state index contributed by atoms with van der Waals surface area (Å²) in [5.41, 5.74) is 6.65. The van der Waals surface area contributed by atoms with E-state index in [0.717, 1.165) is 24.1 Å². The van der Waals surface area contributed by atoms with E-state index < -0.39 is 16.4 Å². The number of nitrogens with one attached hydrogen (secondary N) is 1. The van der Waals surface area contributed by atoms with E-state index in [1.807, 2.05) is 45.0 Å². The molecule has 0 spiro atoms. The number of likely N-dealkylation sites (tertiary alicyclic amines) is 1. The number of benzene rings is 2. The second kappa shape index (κ2) is 9.89. The molecule has 0 unspecified atom stereocenters. The van der Waals surface area contributed by atoms with Crippen LogP contribution in [0.15, 0.2) is 42.5 Å². The Balaban J connectivity index is 1.66. The zero-order valence-electron chi connectivity index (χ0n) is 19.2. The van der Waals surface area contributed by atoms with Crippen LogP contribution in [-0.4, -0.2) is 40.5 Å². The van der Waals surface area contributed by atoms with Crippen molar-refractivity contribution >= 4 is 23.4 Å². The van der Waals surface area contributed by atoms with Gasteiger partial charge in [0, 0.05) is 36.8 Å². The van der Waals surface area contributed by atoms with Gasteiger partial charge in [-0.1, -0.05) is 24.3 Å². The zero-order valence-corrected chi connectivity index (χ0v) is 19.2. The fraction of sp³-hybridized carbons (Fsp3) is 0.417. The molecule has 1 saturated heterocycles. The van der Waals surface area contributed by atoms with Crippen LogP contribution in [0, 0.1) is 10.1 Å². The van der Waals surface area contributed by atoms with Crippen LogP contribution in [0.4, 0.5) is 16.2 Å². The van der Waals surface area contributed by atoms with Gasteiger partial charge in [-0.2, -0.15) is 0 Å². The van der Waals surface area contributed by atoms with Gasteiger partial charge in [-0.3, -0.25) is 14.9 Å². The number of hydrogen-bond acceptors (Lipinski definition) is 6. The molecule has 2 amide bonds. The van der Waals surface area contributed by atoms with Crippen molar-refractivity contribution in [2.45, 2.75) is 51.7 Å². The van der Waals surface area contributed by atoms with Crippen molar-refractivity contribution < 1.29 is 19.2 Å². The number of piperidine rings is 1. The minimum Gasteiger partial charge on any atom is -0.444 e. The van der Waals surface area contributed by atoms with Crippen LogP contribution in [0.1, 0.15) is 61.0 Å². The maximum Gasteiger partial charge on any atom is 0.410 e. The average Bonchev–Trinajstić information content (AvgIpc) is 2.76. The zero-order chi connectivity index (χ0) is 24.2. The number of nitro groups is 1. The largest absolute Gasteiger partial charge is 0.444 e. The number of nitrogens with two attached hydrogens (primary N) is 1. The lowest BCUT2D eigenvalue weighted by atomic mass is 9.90. The van der Waals surface area contributed by atoms with Gasteiger partial charge < -0.3 is 20.7 Å². The normalized spacial score (nSPS) is 16.2. The van der Waals surface area contributed by atoms with Crippen molar-refractivity contribution in [1.29, 1.82) is 0 Å². The SMILES string of the molecule is CC(C)(C)OC(=O)N1CCC[C@@H](c2ccc(NCc3cccc(C(N)=O)c3[N+](=O)[O-])cc2)C1. The number of anilines is 1. The number of nitrogens with zero attached hydrogens (tertiary/aromatic N) is 2. The Morgan fingerprint density at radius 3 is 2.52 bits per heavy atom. The molecule has 0 saturated carbocycles. The summed E-state index contributed by atoms with van der Waals surface area (Å²) in [5, 5.41) is 14.6. The molecule has 1 aliphatic rings. The Hall–Kier alpha value is -3.62. The lowest BCUT2D eigenvalue weighted by molar-refractivity contribution is -0.385. The molecule has 9 nitrogen and oxygen atoms in total. The second-order valence-electron chi connectivity index (χ2n) is 9.18. The fourth-order valence-corrected chi connectivity index (χ4v) is 3.96. The van der Waals surface area contributed by atoms with E-state index in [1.54, 1.807) is 17.0 Å². The molecule has 33 heavy (non-hydrogen) atoms. The molecule has 0 radical (unpaired) electrons. The molecule has 1 heterocycles. The number of ether oxygens (including phenoxy) is 1. The number of carbonyl (C=O) groups excluding carboxylic acids is 2. The van der Waals surface area contributed by atoms with Crippen molar-refractivity contribution in [3.63, 3.8) is 0 Å². The Morgan fingerprint density at radius 1 is 1.21 bits per heavy atom. The van der Waals surface area contributed by atoms with E-state index in [-0.39, 0.29) is 29.8 Å². The summed E-state index contributed by atoms with van der Waals surface area (Å²) >= 11 is 0. The molecule has 2 aromatic rings. The number of carbonyl (C=O) groups is 2. The third-order valence-electron chi connectivity index (χ3n) is 5.51. The molecule has 1 aliphatic heterocycles. The van der Waals surface area contributed by atoms with Crippen LogP contribution in [0.25, 0.3) is 0 Å². The summed E-state index contributed by atoms with van der Waals surface area (Å²) in [6.07, 6.45) is 1.60. The quantitative estimate of drug-likeness (QED) is 0.491. The van der Waals surface area contributed by atoms with Gasteiger partial charge in [0.25, 0.3) is 11.6 Å². The molecule has 9 heteroatoms. The maximum absolute atomic E-state index is 12.4. The highest BCUT2D eigenvalue weighted by atomic mass is 16.6.